The molecule has 192 valence electrons. The highest BCUT2D eigenvalue weighted by Crippen LogP contribution is 2.39. The minimum absolute atomic E-state index is 0.269. The number of carbonyl (C=O) groups is 2. The summed E-state index contributed by atoms with van der Waals surface area (Å²) < 4.78 is 12.1. The topological polar surface area (TPSA) is 67.9 Å². The molecule has 1 aromatic carbocycles. The number of rotatable bonds is 15. The van der Waals surface area contributed by atoms with Gasteiger partial charge in [-0.25, -0.2) is 0 Å². The zero-order valence-electron chi connectivity index (χ0n) is 21.5. The number of halogens is 1. The van der Waals surface area contributed by atoms with Crippen LogP contribution in [0.3, 0.4) is 0 Å². The Morgan fingerprint density at radius 1 is 1.09 bits per heavy atom. The quantitative estimate of drug-likeness (QED) is 0.161. The Morgan fingerprint density at radius 3 is 2.44 bits per heavy atom. The number of hydrogen-bond acceptors (Lipinski definition) is 5. The first-order valence-electron chi connectivity index (χ1n) is 13.1. The van der Waals surface area contributed by atoms with E-state index in [4.69, 9.17) is 9.47 Å². The van der Waals surface area contributed by atoms with Gasteiger partial charge in [0.1, 0.15) is 11.3 Å². The lowest BCUT2D eigenvalue weighted by Crippen LogP contribution is -2.40. The van der Waals surface area contributed by atoms with Gasteiger partial charge in [0.15, 0.2) is 5.75 Å². The molecule has 1 amide bonds. The fourth-order valence-electron chi connectivity index (χ4n) is 4.68. The summed E-state index contributed by atoms with van der Waals surface area (Å²) in [5.74, 6) is 0.156. The van der Waals surface area contributed by atoms with Crippen LogP contribution in [-0.2, 0) is 11.2 Å². The van der Waals surface area contributed by atoms with Crippen LogP contribution < -0.4 is 14.8 Å². The molecule has 1 atom stereocenters. The molecular formula is C27H43BrN2O4. The van der Waals surface area contributed by atoms with Gasteiger partial charge in [-0.15, -0.1) is 0 Å². The summed E-state index contributed by atoms with van der Waals surface area (Å²) in [6, 6.07) is 2.21. The molecule has 0 radical (unpaired) electrons. The molecule has 1 heterocycles. The third-order valence-electron chi connectivity index (χ3n) is 6.68. The fourth-order valence-corrected chi connectivity index (χ4v) is 5.32. The molecule has 0 saturated carbocycles. The zero-order chi connectivity index (χ0) is 24.9. The van der Waals surface area contributed by atoms with E-state index >= 15 is 0 Å². The molecule has 1 saturated heterocycles. The van der Waals surface area contributed by atoms with Crippen molar-refractivity contribution in [3.05, 3.63) is 21.7 Å². The van der Waals surface area contributed by atoms with Gasteiger partial charge in [-0.05, 0) is 66.3 Å². The highest BCUT2D eigenvalue weighted by molar-refractivity contribution is 9.10. The third kappa shape index (κ3) is 8.26. The molecule has 1 unspecified atom stereocenters. The van der Waals surface area contributed by atoms with Gasteiger partial charge in [-0.3, -0.25) is 14.5 Å². The minimum Gasteiger partial charge on any atom is -0.495 e. The molecule has 0 bridgehead atoms. The summed E-state index contributed by atoms with van der Waals surface area (Å²) in [6.45, 7) is 8.95. The van der Waals surface area contributed by atoms with E-state index in [9.17, 15) is 9.59 Å². The summed E-state index contributed by atoms with van der Waals surface area (Å²) in [4.78, 5) is 28.5. The molecule has 6 nitrogen and oxygen atoms in total. The van der Waals surface area contributed by atoms with Crippen LogP contribution in [0.1, 0.15) is 101 Å². The van der Waals surface area contributed by atoms with Gasteiger partial charge >= 0.3 is 5.97 Å². The van der Waals surface area contributed by atoms with Gasteiger partial charge in [0, 0.05) is 19.0 Å². The summed E-state index contributed by atoms with van der Waals surface area (Å²) in [6.07, 6.45) is 11.2. The van der Waals surface area contributed by atoms with Gasteiger partial charge in [0.25, 0.3) is 5.91 Å². The first-order chi connectivity index (χ1) is 16.5. The predicted octanol–water partition coefficient (Wildman–Crippen LogP) is 6.28. The molecule has 1 aromatic rings. The molecule has 0 spiro atoms. The highest BCUT2D eigenvalue weighted by Gasteiger charge is 2.28. The molecule has 34 heavy (non-hydrogen) atoms. The Hall–Kier alpha value is -1.60. The summed E-state index contributed by atoms with van der Waals surface area (Å²) in [7, 11) is 1.53. The number of likely N-dealkylation sites (tertiary alicyclic amines) is 1. The molecule has 1 aliphatic rings. The zero-order valence-corrected chi connectivity index (χ0v) is 23.1. The number of methoxy groups -OCH3 is 1. The largest absolute Gasteiger partial charge is 0.495 e. The van der Waals surface area contributed by atoms with E-state index < -0.39 is 0 Å². The Balaban J connectivity index is 2.10. The van der Waals surface area contributed by atoms with Crippen LogP contribution in [0, 0.1) is 0 Å². The maximum Gasteiger partial charge on any atom is 0.311 e. The maximum atomic E-state index is 13.4. The van der Waals surface area contributed by atoms with Crippen molar-refractivity contribution in [3.8, 4) is 11.5 Å². The third-order valence-corrected chi connectivity index (χ3v) is 7.27. The number of carbonyl (C=O) groups excluding carboxylic acids is 2. The Labute approximate surface area is 214 Å². The van der Waals surface area contributed by atoms with Gasteiger partial charge < -0.3 is 14.8 Å². The molecule has 0 aromatic heterocycles. The van der Waals surface area contributed by atoms with E-state index in [1.807, 2.05) is 13.0 Å². The van der Waals surface area contributed by atoms with Gasteiger partial charge in [-0.1, -0.05) is 59.3 Å². The summed E-state index contributed by atoms with van der Waals surface area (Å²) in [5.41, 5.74) is 1.10. The molecular weight excluding hydrogens is 496 g/mol. The number of nitrogens with zero attached hydrogens (tertiary/aromatic N) is 1. The minimum atomic E-state index is -0.297. The van der Waals surface area contributed by atoms with Crippen LogP contribution in [0.25, 0.3) is 0 Å². The Bertz CT molecular complexity index is 799. The molecule has 1 fully saturated rings. The SMILES string of the molecule is CCCCCCCCCC(=O)Oc1c(CC)cc(Br)c(OC)c1C(=O)NCC1CCCN1CC. The number of benzene rings is 1. The maximum absolute atomic E-state index is 13.4. The number of hydrogen-bond donors (Lipinski definition) is 1. The second-order valence-electron chi connectivity index (χ2n) is 9.09. The van der Waals surface area contributed by atoms with Crippen LogP contribution in [0.2, 0.25) is 0 Å². The number of ether oxygens (including phenoxy) is 2. The van der Waals surface area contributed by atoms with Gasteiger partial charge in [-0.2, -0.15) is 0 Å². The summed E-state index contributed by atoms with van der Waals surface area (Å²) in [5, 5.41) is 3.08. The number of amides is 1. The van der Waals surface area contributed by atoms with Crippen molar-refractivity contribution in [3.63, 3.8) is 0 Å². The highest BCUT2D eigenvalue weighted by atomic mass is 79.9. The smallest absolute Gasteiger partial charge is 0.311 e. The monoisotopic (exact) mass is 538 g/mol. The average Bonchev–Trinajstić information content (AvgIpc) is 3.30. The van der Waals surface area contributed by atoms with E-state index in [-0.39, 0.29) is 11.9 Å². The van der Waals surface area contributed by atoms with Crippen molar-refractivity contribution >= 4 is 27.8 Å². The predicted molar refractivity (Wildman–Crippen MR) is 141 cm³/mol. The van der Waals surface area contributed by atoms with Crippen LogP contribution >= 0.6 is 15.9 Å². The molecule has 1 aliphatic heterocycles. The lowest BCUT2D eigenvalue weighted by molar-refractivity contribution is -0.134. The molecule has 2 rings (SSSR count). The summed E-state index contributed by atoms with van der Waals surface area (Å²) >= 11 is 3.53. The molecule has 7 heteroatoms. The van der Waals surface area contributed by atoms with E-state index in [1.54, 1.807) is 0 Å². The van der Waals surface area contributed by atoms with E-state index in [0.717, 1.165) is 50.8 Å². The first-order valence-corrected chi connectivity index (χ1v) is 13.9. The lowest BCUT2D eigenvalue weighted by atomic mass is 10.0. The number of unbranched alkanes of at least 4 members (excludes halogenated alkanes) is 6. The number of nitrogens with one attached hydrogen (secondary N) is 1. The number of likely N-dealkylation sites (N-methyl/N-ethyl adjacent to an activating group) is 1. The molecule has 1 N–H and O–H groups in total. The number of aryl methyl sites for hydroxylation is 1. The first kappa shape index (κ1) is 28.6. The van der Waals surface area contributed by atoms with Crippen molar-refractivity contribution in [1.29, 1.82) is 0 Å². The van der Waals surface area contributed by atoms with Crippen molar-refractivity contribution in [2.45, 2.75) is 97.4 Å². The Morgan fingerprint density at radius 2 is 1.79 bits per heavy atom. The average molecular weight is 540 g/mol. The standard InChI is InChI=1S/C27H43BrN2O4/c1-5-8-9-10-11-12-13-16-23(31)34-25-20(6-2)18-22(28)26(33-4)24(25)27(32)29-19-21-15-14-17-30(21)7-3/h18,21H,5-17,19H2,1-4H3,(H,29,32). The van der Waals surface area contributed by atoms with E-state index in [2.05, 4.69) is 40.0 Å². The number of esters is 1. The van der Waals surface area contributed by atoms with Crippen molar-refractivity contribution in [1.82, 2.24) is 10.2 Å². The van der Waals surface area contributed by atoms with Crippen LogP contribution in [-0.4, -0.2) is 49.6 Å². The van der Waals surface area contributed by atoms with Crippen molar-refractivity contribution < 1.29 is 19.1 Å². The Kier molecular flexibility index (Phi) is 13.0. The second kappa shape index (κ2) is 15.4. The van der Waals surface area contributed by atoms with E-state index in [0.29, 0.717) is 47.0 Å². The van der Waals surface area contributed by atoms with Crippen LogP contribution in [0.4, 0.5) is 0 Å². The van der Waals surface area contributed by atoms with Crippen molar-refractivity contribution in [2.24, 2.45) is 0 Å². The van der Waals surface area contributed by atoms with Gasteiger partial charge in [0.2, 0.25) is 0 Å². The molecule has 0 aliphatic carbocycles. The normalized spacial score (nSPS) is 16.0. The van der Waals surface area contributed by atoms with Crippen molar-refractivity contribution in [2.75, 3.05) is 26.7 Å². The van der Waals surface area contributed by atoms with Gasteiger partial charge in [0.05, 0.1) is 11.6 Å². The lowest BCUT2D eigenvalue weighted by Gasteiger charge is -2.24. The van der Waals surface area contributed by atoms with Crippen LogP contribution in [0.15, 0.2) is 10.5 Å². The van der Waals surface area contributed by atoms with E-state index in [1.165, 1.54) is 32.8 Å². The van der Waals surface area contributed by atoms with Crippen LogP contribution in [0.5, 0.6) is 11.5 Å². The fraction of sp³-hybridized carbons (Fsp3) is 0.704. The second-order valence-corrected chi connectivity index (χ2v) is 9.94.